The van der Waals surface area contributed by atoms with Crippen LogP contribution in [0.3, 0.4) is 0 Å². The van der Waals surface area contributed by atoms with E-state index in [4.69, 9.17) is 4.74 Å². The van der Waals surface area contributed by atoms with Crippen LogP contribution < -0.4 is 15.0 Å². The minimum atomic E-state index is -0.618. The van der Waals surface area contributed by atoms with Gasteiger partial charge in [-0.05, 0) is 30.3 Å². The second-order valence-electron chi connectivity index (χ2n) is 6.26. The van der Waals surface area contributed by atoms with Gasteiger partial charge in [0.2, 0.25) is 0 Å². The predicted molar refractivity (Wildman–Crippen MR) is 109 cm³/mol. The maximum absolute atomic E-state index is 15.0. The summed E-state index contributed by atoms with van der Waals surface area (Å²) in [5.41, 5.74) is 0.947. The summed E-state index contributed by atoms with van der Waals surface area (Å²) in [6.07, 6.45) is 2.21. The third-order valence-corrected chi connectivity index (χ3v) is 5.54. The smallest absolute Gasteiger partial charge is 0.331 e. The fourth-order valence-electron chi connectivity index (χ4n) is 3.29. The number of pyridine rings is 1. The van der Waals surface area contributed by atoms with E-state index in [-0.39, 0.29) is 5.69 Å². The summed E-state index contributed by atoms with van der Waals surface area (Å²) >= 11 is 1.18. The standard InChI is InChI=1S/C21H12FN3O3S/c22-14-10-13(28-12-4-2-1-3-5-12)6-7-15(14)25-16-8-9-23-20-18(16)19(24-21(25)27)17(11-26)29-20/h1-11H,(H,24,27). The minimum absolute atomic E-state index is 0.0694. The van der Waals surface area contributed by atoms with Gasteiger partial charge in [-0.2, -0.15) is 0 Å². The first-order valence-corrected chi connectivity index (χ1v) is 9.47. The first-order chi connectivity index (χ1) is 14.2. The zero-order valence-corrected chi connectivity index (χ0v) is 15.6. The van der Waals surface area contributed by atoms with Gasteiger partial charge in [0.1, 0.15) is 16.3 Å². The number of benzene rings is 2. The Morgan fingerprint density at radius 1 is 1.07 bits per heavy atom. The zero-order valence-electron chi connectivity index (χ0n) is 14.8. The molecule has 0 bridgehead atoms. The third-order valence-electron chi connectivity index (χ3n) is 4.52. The number of aldehydes is 1. The Kier molecular flexibility index (Phi) is 3.99. The third kappa shape index (κ3) is 2.81. The van der Waals surface area contributed by atoms with Crippen molar-refractivity contribution in [3.05, 3.63) is 71.5 Å². The van der Waals surface area contributed by atoms with Gasteiger partial charge in [0.05, 0.1) is 27.3 Å². The summed E-state index contributed by atoms with van der Waals surface area (Å²) in [7, 11) is 0. The lowest BCUT2D eigenvalue weighted by Gasteiger charge is -2.28. The van der Waals surface area contributed by atoms with Crippen LogP contribution in [0.4, 0.5) is 26.2 Å². The van der Waals surface area contributed by atoms with E-state index in [2.05, 4.69) is 10.3 Å². The molecule has 1 aliphatic heterocycles. The number of hydrogen-bond acceptors (Lipinski definition) is 5. The lowest BCUT2D eigenvalue weighted by molar-refractivity contribution is 0.112. The summed E-state index contributed by atoms with van der Waals surface area (Å²) < 4.78 is 20.6. The molecule has 0 saturated carbocycles. The molecule has 5 rings (SSSR count). The fraction of sp³-hybridized carbons (Fsp3) is 0. The van der Waals surface area contributed by atoms with E-state index < -0.39 is 11.8 Å². The van der Waals surface area contributed by atoms with Crippen molar-refractivity contribution < 1.29 is 18.7 Å². The molecule has 6 nitrogen and oxygen atoms in total. The first kappa shape index (κ1) is 17.3. The molecule has 1 N–H and O–H groups in total. The average Bonchev–Trinajstić information content (AvgIpc) is 3.09. The zero-order chi connectivity index (χ0) is 20.0. The van der Waals surface area contributed by atoms with E-state index in [1.54, 1.807) is 24.3 Å². The molecule has 0 aliphatic carbocycles. The highest BCUT2D eigenvalue weighted by Crippen LogP contribution is 2.45. The van der Waals surface area contributed by atoms with Crippen molar-refractivity contribution in [2.45, 2.75) is 0 Å². The first-order valence-electron chi connectivity index (χ1n) is 8.66. The van der Waals surface area contributed by atoms with Gasteiger partial charge < -0.3 is 10.1 Å². The van der Waals surface area contributed by atoms with Gasteiger partial charge >= 0.3 is 6.03 Å². The van der Waals surface area contributed by atoms with Gasteiger partial charge in [-0.1, -0.05) is 18.2 Å². The number of anilines is 3. The number of thiophene rings is 1. The molecule has 1 aliphatic rings. The Morgan fingerprint density at radius 2 is 1.90 bits per heavy atom. The Labute approximate surface area is 168 Å². The van der Waals surface area contributed by atoms with Gasteiger partial charge in [-0.3, -0.25) is 9.69 Å². The number of ether oxygens (including phenoxy) is 1. The predicted octanol–water partition coefficient (Wildman–Crippen LogP) is 5.72. The van der Waals surface area contributed by atoms with E-state index in [0.29, 0.717) is 44.3 Å². The number of nitrogens with zero attached hydrogens (tertiary/aromatic N) is 2. The molecule has 142 valence electrons. The number of halogens is 1. The molecule has 0 atom stereocenters. The molecule has 0 saturated heterocycles. The Balaban J connectivity index is 1.58. The summed E-state index contributed by atoms with van der Waals surface area (Å²) in [5.74, 6) is 0.276. The molecule has 29 heavy (non-hydrogen) atoms. The number of carbonyl (C=O) groups is 2. The molecule has 0 radical (unpaired) electrons. The van der Waals surface area contributed by atoms with Gasteiger partial charge in [-0.25, -0.2) is 14.2 Å². The second-order valence-corrected chi connectivity index (χ2v) is 7.29. The molecule has 2 aromatic heterocycles. The van der Waals surface area contributed by atoms with Crippen molar-refractivity contribution in [3.63, 3.8) is 0 Å². The van der Waals surface area contributed by atoms with Crippen molar-refractivity contribution in [1.82, 2.24) is 4.98 Å². The molecule has 8 heteroatoms. The van der Waals surface area contributed by atoms with Crippen LogP contribution in [0.2, 0.25) is 0 Å². The summed E-state index contributed by atoms with van der Waals surface area (Å²) in [4.78, 5) is 30.6. The van der Waals surface area contributed by atoms with E-state index in [0.717, 1.165) is 0 Å². The van der Waals surface area contributed by atoms with E-state index in [1.165, 1.54) is 34.6 Å². The number of carbonyl (C=O) groups excluding carboxylic acids is 2. The van der Waals surface area contributed by atoms with Crippen LogP contribution in [0.5, 0.6) is 11.5 Å². The van der Waals surface area contributed by atoms with Crippen molar-refractivity contribution >= 4 is 50.9 Å². The Hall–Kier alpha value is -3.78. The Morgan fingerprint density at radius 3 is 2.66 bits per heavy atom. The van der Waals surface area contributed by atoms with Crippen molar-refractivity contribution in [1.29, 1.82) is 0 Å². The number of urea groups is 1. The molecule has 0 fully saturated rings. The fourth-order valence-corrected chi connectivity index (χ4v) is 4.22. The largest absolute Gasteiger partial charge is 0.457 e. The molecule has 0 spiro atoms. The van der Waals surface area contributed by atoms with Crippen molar-refractivity contribution in [2.75, 3.05) is 10.2 Å². The number of rotatable bonds is 4. The number of para-hydroxylation sites is 1. The minimum Gasteiger partial charge on any atom is -0.457 e. The highest BCUT2D eigenvalue weighted by molar-refractivity contribution is 7.21. The van der Waals surface area contributed by atoms with Crippen LogP contribution in [0.15, 0.2) is 60.8 Å². The number of hydrogen-bond donors (Lipinski definition) is 1. The normalized spacial score (nSPS) is 12.7. The van der Waals surface area contributed by atoms with E-state index >= 15 is 0 Å². The van der Waals surface area contributed by atoms with E-state index in [9.17, 15) is 14.0 Å². The van der Waals surface area contributed by atoms with Crippen LogP contribution in [0.1, 0.15) is 9.67 Å². The van der Waals surface area contributed by atoms with E-state index in [1.807, 2.05) is 18.2 Å². The van der Waals surface area contributed by atoms with Gasteiger partial charge in [0.25, 0.3) is 0 Å². The topological polar surface area (TPSA) is 71.5 Å². The molecular formula is C21H12FN3O3S. The maximum atomic E-state index is 15.0. The Bertz CT molecular complexity index is 1270. The van der Waals surface area contributed by atoms with Crippen LogP contribution in [0, 0.1) is 5.82 Å². The SMILES string of the molecule is O=Cc1sc2nccc3c2c1NC(=O)N3c1ccc(Oc2ccccc2)cc1F. The summed E-state index contributed by atoms with van der Waals surface area (Å²) in [5, 5.41) is 3.30. The van der Waals surface area contributed by atoms with Gasteiger partial charge in [-0.15, -0.1) is 11.3 Å². The second kappa shape index (κ2) is 6.68. The summed E-state index contributed by atoms with van der Waals surface area (Å²) in [6.45, 7) is 0. The van der Waals surface area contributed by atoms with Crippen LogP contribution in [0.25, 0.3) is 10.2 Å². The monoisotopic (exact) mass is 405 g/mol. The lowest BCUT2D eigenvalue weighted by Crippen LogP contribution is -2.34. The van der Waals surface area contributed by atoms with Crippen molar-refractivity contribution in [3.8, 4) is 11.5 Å². The maximum Gasteiger partial charge on any atom is 0.331 e. The number of aromatic nitrogens is 1. The molecule has 4 aromatic rings. The summed E-state index contributed by atoms with van der Waals surface area (Å²) in [6, 6.07) is 14.4. The van der Waals surface area contributed by atoms with Crippen molar-refractivity contribution in [2.24, 2.45) is 0 Å². The number of amides is 2. The van der Waals surface area contributed by atoms with Crippen LogP contribution in [-0.4, -0.2) is 17.3 Å². The van der Waals surface area contributed by atoms with Gasteiger partial charge in [0.15, 0.2) is 12.1 Å². The van der Waals surface area contributed by atoms with Crippen LogP contribution in [-0.2, 0) is 0 Å². The van der Waals surface area contributed by atoms with Gasteiger partial charge in [0, 0.05) is 12.3 Å². The van der Waals surface area contributed by atoms with Crippen LogP contribution >= 0.6 is 11.3 Å². The average molecular weight is 405 g/mol. The number of nitrogens with one attached hydrogen (secondary N) is 1. The quantitative estimate of drug-likeness (QED) is 0.441. The molecular weight excluding hydrogens is 393 g/mol. The molecule has 3 heterocycles. The highest BCUT2D eigenvalue weighted by atomic mass is 32.1. The highest BCUT2D eigenvalue weighted by Gasteiger charge is 2.32. The molecule has 2 aromatic carbocycles. The molecule has 2 amide bonds. The lowest BCUT2D eigenvalue weighted by atomic mass is 10.1. The molecule has 0 unspecified atom stereocenters.